The molecule has 0 aromatic carbocycles. The molecule has 5 aliphatic carbocycles. The van der Waals surface area contributed by atoms with Crippen molar-refractivity contribution in [3.8, 4) is 0 Å². The average molecular weight is 1340 g/mol. The summed E-state index contributed by atoms with van der Waals surface area (Å²) in [6, 6.07) is 0. The summed E-state index contributed by atoms with van der Waals surface area (Å²) in [5.74, 6) is -0.598. The van der Waals surface area contributed by atoms with Crippen LogP contribution in [0.5, 0.6) is 0 Å². The molecule has 0 unspecified atom stereocenters. The summed E-state index contributed by atoms with van der Waals surface area (Å²) in [6.45, 7) is 16.7. The second kappa shape index (κ2) is 26.9. The van der Waals surface area contributed by atoms with Crippen LogP contribution in [-0.4, -0.2) is 292 Å². The molecular weight excluding hydrogens is 1230 g/mol. The Balaban J connectivity index is 0.762. The molecule has 6 aliphatic heterocycles. The van der Waals surface area contributed by atoms with Gasteiger partial charge in [0.25, 0.3) is 0 Å². The molecule has 0 aromatic heterocycles. The summed E-state index contributed by atoms with van der Waals surface area (Å²) < 4.78 is 71.5. The van der Waals surface area contributed by atoms with Crippen LogP contribution in [0.1, 0.15) is 127 Å². The van der Waals surface area contributed by atoms with Crippen molar-refractivity contribution in [2.24, 2.45) is 50.2 Å². The Kier molecular flexibility index (Phi) is 20.9. The molecule has 10 fully saturated rings. The molecule has 4 saturated carbocycles. The van der Waals surface area contributed by atoms with Crippen LogP contribution in [0.4, 0.5) is 0 Å². The second-order valence-electron chi connectivity index (χ2n) is 31.0. The fourth-order valence-electron chi connectivity index (χ4n) is 18.7. The van der Waals surface area contributed by atoms with E-state index in [2.05, 4.69) is 54.5 Å². The number of aliphatic hydroxyl groups is 16. The van der Waals surface area contributed by atoms with Gasteiger partial charge in [-0.15, -0.1) is 0 Å². The predicted octanol–water partition coefficient (Wildman–Crippen LogP) is -3.05. The first-order valence-corrected chi connectivity index (χ1v) is 33.4. The van der Waals surface area contributed by atoms with Crippen molar-refractivity contribution in [1.29, 1.82) is 0 Å². The molecular formula is C64H104O29. The minimum absolute atomic E-state index is 0.113. The SMILES string of the molecule is C[C@@H]1O[C@@H](O[C@H]2[C@H](O)[C@@H](O)[C@H](OC[C@H]3O[C@@H](OC(=O)[C@]45CCC(C)(C)C[C@H]4C4=CC[C@@H]6[C@@]7(C)CC[C@@H](O[C@@H]8OC[C@H](O)[C@H](O)[C@H]8O[C@@H]8O[C@@H](C)[C@H](O)[C@@H](O[C@@H]9OC[C@@H](O)[C@@H](O)[C@H]9O)[C@H]8O)C(C)(C)[C@@H]7CC[C@@]6(C)[C@]4(C)CC5)[C@H](O)[C@@H](O)[C@@H]3O)O[C@@H]2CO)[C@H](O)[C@H](O)[C@H]1O. The lowest BCUT2D eigenvalue weighted by Gasteiger charge is -2.71. The highest BCUT2D eigenvalue weighted by atomic mass is 16.8. The number of hydrogen-bond donors (Lipinski definition) is 16. The first-order chi connectivity index (χ1) is 43.5. The maximum atomic E-state index is 15.3. The number of carbonyl (C=O) groups is 1. The molecule has 534 valence electrons. The molecule has 0 spiro atoms. The highest BCUT2D eigenvalue weighted by Crippen LogP contribution is 2.76. The summed E-state index contributed by atoms with van der Waals surface area (Å²) in [6.07, 6.45) is -35.6. The van der Waals surface area contributed by atoms with Crippen LogP contribution < -0.4 is 0 Å². The fourth-order valence-corrected chi connectivity index (χ4v) is 18.7. The van der Waals surface area contributed by atoms with E-state index in [1.807, 2.05) is 0 Å². The van der Waals surface area contributed by atoms with Crippen molar-refractivity contribution in [1.82, 2.24) is 0 Å². The predicted molar refractivity (Wildman–Crippen MR) is 313 cm³/mol. The highest BCUT2D eigenvalue weighted by Gasteiger charge is 2.70. The fraction of sp³-hybridized carbons (Fsp3) is 0.953. The zero-order chi connectivity index (χ0) is 67.7. The zero-order valence-corrected chi connectivity index (χ0v) is 54.4. The molecule has 6 heterocycles. The van der Waals surface area contributed by atoms with Crippen LogP contribution in [0.25, 0.3) is 0 Å². The molecule has 36 atom stereocenters. The molecule has 0 aromatic rings. The van der Waals surface area contributed by atoms with E-state index in [1.54, 1.807) is 0 Å². The Morgan fingerprint density at radius 2 is 1.08 bits per heavy atom. The van der Waals surface area contributed by atoms with Crippen LogP contribution in [0, 0.1) is 50.2 Å². The number of esters is 1. The van der Waals surface area contributed by atoms with Gasteiger partial charge in [-0.2, -0.15) is 0 Å². The van der Waals surface area contributed by atoms with Crippen molar-refractivity contribution >= 4 is 5.97 Å². The third-order valence-corrected chi connectivity index (χ3v) is 24.8. The molecule has 29 nitrogen and oxygen atoms in total. The van der Waals surface area contributed by atoms with Gasteiger partial charge in [-0.3, -0.25) is 4.79 Å². The van der Waals surface area contributed by atoms with E-state index in [4.69, 9.17) is 56.8 Å². The number of ether oxygens (including phenoxy) is 12. The average Bonchev–Trinajstić information content (AvgIpc) is 0.676. The molecule has 0 bridgehead atoms. The van der Waals surface area contributed by atoms with E-state index < -0.39 is 215 Å². The second-order valence-corrected chi connectivity index (χ2v) is 31.0. The van der Waals surface area contributed by atoms with Crippen LogP contribution in [-0.2, 0) is 61.6 Å². The number of allylic oxidation sites excluding steroid dienone is 2. The number of aliphatic hydroxyl groups excluding tert-OH is 16. The van der Waals surface area contributed by atoms with E-state index in [-0.39, 0.29) is 46.0 Å². The topological polar surface area (TPSA) is 452 Å². The summed E-state index contributed by atoms with van der Waals surface area (Å²) >= 11 is 0. The van der Waals surface area contributed by atoms with Crippen molar-refractivity contribution in [2.75, 3.05) is 26.4 Å². The monoisotopic (exact) mass is 1340 g/mol. The molecule has 6 saturated heterocycles. The molecule has 0 radical (unpaired) electrons. The molecule has 16 N–H and O–H groups in total. The quantitative estimate of drug-likeness (QED) is 0.0467. The summed E-state index contributed by atoms with van der Waals surface area (Å²) in [7, 11) is 0. The number of hydrogen-bond acceptors (Lipinski definition) is 29. The molecule has 93 heavy (non-hydrogen) atoms. The van der Waals surface area contributed by atoms with Crippen LogP contribution in [0.3, 0.4) is 0 Å². The maximum absolute atomic E-state index is 15.3. The Morgan fingerprint density at radius 1 is 0.505 bits per heavy atom. The molecule has 0 amide bonds. The van der Waals surface area contributed by atoms with Crippen molar-refractivity contribution < 1.29 is 143 Å². The number of rotatable bonds is 14. The summed E-state index contributed by atoms with van der Waals surface area (Å²) in [4.78, 5) is 15.3. The first kappa shape index (κ1) is 72.4. The van der Waals surface area contributed by atoms with Gasteiger partial charge in [0.05, 0.1) is 50.2 Å². The van der Waals surface area contributed by atoms with E-state index in [9.17, 15) is 81.7 Å². The Bertz CT molecular complexity index is 2620. The van der Waals surface area contributed by atoms with Crippen molar-refractivity contribution in [3.05, 3.63) is 11.6 Å². The lowest BCUT2D eigenvalue weighted by atomic mass is 9.33. The lowest BCUT2D eigenvalue weighted by Crippen LogP contribution is -2.66. The summed E-state index contributed by atoms with van der Waals surface area (Å²) in [5, 5.41) is 174. The van der Waals surface area contributed by atoms with Gasteiger partial charge < -0.3 is 139 Å². The third kappa shape index (κ3) is 12.6. The summed E-state index contributed by atoms with van der Waals surface area (Å²) in [5.41, 5.74) is -1.40. The minimum atomic E-state index is -1.90. The minimum Gasteiger partial charge on any atom is -0.432 e. The van der Waals surface area contributed by atoms with Gasteiger partial charge in [-0.1, -0.05) is 60.1 Å². The Morgan fingerprint density at radius 3 is 1.76 bits per heavy atom. The van der Waals surface area contributed by atoms with E-state index in [0.29, 0.717) is 38.5 Å². The van der Waals surface area contributed by atoms with E-state index in [0.717, 1.165) is 25.7 Å². The molecule has 11 aliphatic rings. The largest absolute Gasteiger partial charge is 0.432 e. The van der Waals surface area contributed by atoms with Gasteiger partial charge in [-0.25, -0.2) is 0 Å². The van der Waals surface area contributed by atoms with Gasteiger partial charge in [0.2, 0.25) is 6.29 Å². The van der Waals surface area contributed by atoms with Crippen molar-refractivity contribution in [3.63, 3.8) is 0 Å². The van der Waals surface area contributed by atoms with Gasteiger partial charge in [0, 0.05) is 0 Å². The van der Waals surface area contributed by atoms with E-state index >= 15 is 4.79 Å². The van der Waals surface area contributed by atoms with Crippen LogP contribution >= 0.6 is 0 Å². The maximum Gasteiger partial charge on any atom is 0.315 e. The van der Waals surface area contributed by atoms with Gasteiger partial charge in [0.15, 0.2) is 31.5 Å². The zero-order valence-electron chi connectivity index (χ0n) is 54.4. The Hall–Kier alpha value is -1.87. The van der Waals surface area contributed by atoms with Gasteiger partial charge in [0.1, 0.15) is 122 Å². The number of fused-ring (bicyclic) bond motifs is 7. The van der Waals surface area contributed by atoms with Crippen LogP contribution in [0.2, 0.25) is 0 Å². The normalized spacial score (nSPS) is 54.7. The molecule has 11 rings (SSSR count). The standard InChI is InChI=1S/C64H104O29/c1-25-36(68)41(73)45(77)54(85-25)90-49-31(21-65)87-52(47(79)43(49)75)84-24-32-40(72)42(74)46(78)55(88-32)93-58(81)64-18-16-59(3,4)20-28(64)27-10-11-34-61(7)14-13-35(60(5,6)33(61)12-15-63(34,9)62(27,8)17-19-64)89-57-51(39(71)30(67)23-83-57)92-56-48(80)50(37(69)26(2)86-56)91-53-44(76)38(70)29(66)22-82-53/h10,25-26,28-57,65-80H,11-24H2,1-9H3/t25-,26-,28-,29+,30-,31+,32+,33-,34+,35+,36-,37-,38+,39-,40+,41+,42-,43+,44+,45+,46+,47+,48+,49+,50+,51+,52+,53-,54-,55-,56-,57-,61-,62+,63+,64-/m0/s1. The van der Waals surface area contributed by atoms with Crippen molar-refractivity contribution in [2.45, 2.75) is 305 Å². The number of carbonyl (C=O) groups excluding carboxylic acids is 1. The van der Waals surface area contributed by atoms with E-state index in [1.165, 1.54) is 19.4 Å². The third-order valence-electron chi connectivity index (χ3n) is 24.8. The van der Waals surface area contributed by atoms with Crippen LogP contribution in [0.15, 0.2) is 11.6 Å². The molecule has 29 heteroatoms. The highest BCUT2D eigenvalue weighted by molar-refractivity contribution is 5.79. The Labute approximate surface area is 540 Å². The first-order valence-electron chi connectivity index (χ1n) is 33.4. The van der Waals surface area contributed by atoms with Gasteiger partial charge in [-0.05, 0) is 123 Å². The smallest absolute Gasteiger partial charge is 0.315 e. The lowest BCUT2D eigenvalue weighted by molar-refractivity contribution is -0.378. The van der Waals surface area contributed by atoms with Gasteiger partial charge >= 0.3 is 5.97 Å².